The number of non-ortho nitro benzene ring substituents is 1. The van der Waals surface area contributed by atoms with Crippen LogP contribution in [0.25, 0.3) is 0 Å². The summed E-state index contributed by atoms with van der Waals surface area (Å²) in [5, 5.41) is 10.2. The highest BCUT2D eigenvalue weighted by Gasteiger charge is 2.09. The van der Waals surface area contributed by atoms with E-state index in [1.165, 1.54) is 0 Å². The molecule has 0 aliphatic carbocycles. The molecule has 1 rings (SSSR count). The zero-order chi connectivity index (χ0) is 9.84. The third-order valence-corrected chi connectivity index (χ3v) is 1.31. The van der Waals surface area contributed by atoms with Crippen molar-refractivity contribution in [2.24, 2.45) is 4.99 Å². The second-order valence-electron chi connectivity index (χ2n) is 2.10. The number of carbonyl (C=O) groups excluding carboxylic acids is 1. The first-order valence-electron chi connectivity index (χ1n) is 3.17. The quantitative estimate of drug-likeness (QED) is 0.302. The van der Waals surface area contributed by atoms with Gasteiger partial charge in [-0.1, -0.05) is 0 Å². The predicted octanol–water partition coefficient (Wildman–Crippen LogP) is 1.70. The maximum absolute atomic E-state index is 12.7. The van der Waals surface area contributed by atoms with Crippen LogP contribution >= 0.6 is 0 Å². The summed E-state index contributed by atoms with van der Waals surface area (Å²) < 4.78 is 12.7. The molecule has 1 aromatic rings. The first kappa shape index (κ1) is 9.02. The summed E-state index contributed by atoms with van der Waals surface area (Å²) in [6, 6.07) is 2.72. The number of nitrogens with zero attached hydrogens (tertiary/aromatic N) is 2. The van der Waals surface area contributed by atoms with Crippen LogP contribution in [0.4, 0.5) is 15.8 Å². The number of hydrogen-bond acceptors (Lipinski definition) is 4. The van der Waals surface area contributed by atoms with Crippen LogP contribution in [-0.2, 0) is 4.79 Å². The molecule has 0 aliphatic rings. The Labute approximate surface area is 71.7 Å². The molecule has 6 heteroatoms. The molecule has 13 heavy (non-hydrogen) atoms. The van der Waals surface area contributed by atoms with Crippen molar-refractivity contribution in [1.82, 2.24) is 0 Å². The van der Waals surface area contributed by atoms with Gasteiger partial charge in [-0.05, 0) is 6.07 Å². The van der Waals surface area contributed by atoms with Crippen molar-refractivity contribution in [3.05, 3.63) is 34.1 Å². The fourth-order valence-corrected chi connectivity index (χ4v) is 0.749. The Morgan fingerprint density at radius 1 is 1.54 bits per heavy atom. The lowest BCUT2D eigenvalue weighted by molar-refractivity contribution is -0.384. The van der Waals surface area contributed by atoms with Crippen LogP contribution in [0, 0.1) is 15.9 Å². The Morgan fingerprint density at radius 3 is 2.77 bits per heavy atom. The molecule has 0 N–H and O–H groups in total. The van der Waals surface area contributed by atoms with Crippen molar-refractivity contribution in [1.29, 1.82) is 0 Å². The van der Waals surface area contributed by atoms with Crippen molar-refractivity contribution in [3.8, 4) is 0 Å². The molecule has 0 atom stereocenters. The molecule has 0 bridgehead atoms. The third-order valence-electron chi connectivity index (χ3n) is 1.31. The third kappa shape index (κ3) is 1.94. The van der Waals surface area contributed by atoms with Crippen molar-refractivity contribution in [2.45, 2.75) is 0 Å². The normalized spacial score (nSPS) is 9.00. The summed E-state index contributed by atoms with van der Waals surface area (Å²) in [6.07, 6.45) is 1.10. The number of nitro groups is 1. The number of hydrogen-bond donors (Lipinski definition) is 0. The van der Waals surface area contributed by atoms with E-state index in [4.69, 9.17) is 0 Å². The second-order valence-corrected chi connectivity index (χ2v) is 2.10. The largest absolute Gasteiger partial charge is 0.271 e. The van der Waals surface area contributed by atoms with Crippen molar-refractivity contribution in [2.75, 3.05) is 0 Å². The van der Waals surface area contributed by atoms with E-state index in [0.717, 1.165) is 24.3 Å². The van der Waals surface area contributed by atoms with E-state index >= 15 is 0 Å². The highest BCUT2D eigenvalue weighted by Crippen LogP contribution is 2.22. The number of isocyanates is 1. The lowest BCUT2D eigenvalue weighted by atomic mass is 10.3. The molecule has 0 unspecified atom stereocenters. The van der Waals surface area contributed by atoms with Crippen LogP contribution in [0.15, 0.2) is 23.2 Å². The van der Waals surface area contributed by atoms with Gasteiger partial charge in [0.25, 0.3) is 5.69 Å². The van der Waals surface area contributed by atoms with E-state index in [1.807, 2.05) is 0 Å². The van der Waals surface area contributed by atoms with E-state index in [9.17, 15) is 19.3 Å². The van der Waals surface area contributed by atoms with Gasteiger partial charge in [-0.25, -0.2) is 9.18 Å². The Hall–Kier alpha value is -2.07. The molecule has 0 amide bonds. The minimum absolute atomic E-state index is 0.324. The fraction of sp³-hybridized carbons (Fsp3) is 0. The Morgan fingerprint density at radius 2 is 2.23 bits per heavy atom. The van der Waals surface area contributed by atoms with Gasteiger partial charge in [0, 0.05) is 12.1 Å². The lowest BCUT2D eigenvalue weighted by Gasteiger charge is -1.93. The first-order valence-corrected chi connectivity index (χ1v) is 3.17. The maximum Gasteiger partial charge on any atom is 0.271 e. The van der Waals surface area contributed by atoms with E-state index in [0.29, 0.717) is 0 Å². The van der Waals surface area contributed by atoms with Crippen LogP contribution in [-0.4, -0.2) is 11.0 Å². The monoisotopic (exact) mass is 182 g/mol. The number of nitro benzene ring substituents is 1. The predicted molar refractivity (Wildman–Crippen MR) is 40.8 cm³/mol. The van der Waals surface area contributed by atoms with Gasteiger partial charge in [0.1, 0.15) is 11.5 Å². The van der Waals surface area contributed by atoms with Crippen molar-refractivity contribution < 1.29 is 14.1 Å². The second kappa shape index (κ2) is 3.55. The molecule has 0 aromatic heterocycles. The zero-order valence-corrected chi connectivity index (χ0v) is 6.23. The molecule has 0 saturated heterocycles. The standard InChI is InChI=1S/C7H3FN2O3/c8-6-2-1-5(10(12)13)3-7(6)9-4-11/h1-3H. The maximum atomic E-state index is 12.7. The molecule has 0 spiro atoms. The molecule has 0 radical (unpaired) electrons. The minimum Gasteiger partial charge on any atom is -0.258 e. The first-order chi connectivity index (χ1) is 6.15. The highest BCUT2D eigenvalue weighted by molar-refractivity contribution is 5.54. The highest BCUT2D eigenvalue weighted by atomic mass is 19.1. The van der Waals surface area contributed by atoms with Crippen LogP contribution in [0.1, 0.15) is 0 Å². The average molecular weight is 182 g/mol. The van der Waals surface area contributed by atoms with Crippen molar-refractivity contribution >= 4 is 17.5 Å². The average Bonchev–Trinajstić information content (AvgIpc) is 2.08. The van der Waals surface area contributed by atoms with Gasteiger partial charge in [0.2, 0.25) is 6.08 Å². The Balaban J connectivity index is 3.26. The topological polar surface area (TPSA) is 72.6 Å². The fourth-order valence-electron chi connectivity index (χ4n) is 0.749. The number of aliphatic imine (C=N–C) groups is 1. The van der Waals surface area contributed by atoms with E-state index in [2.05, 4.69) is 4.99 Å². The summed E-state index contributed by atoms with van der Waals surface area (Å²) in [4.78, 5) is 22.3. The minimum atomic E-state index is -0.797. The number of rotatable bonds is 2. The number of benzene rings is 1. The van der Waals surface area contributed by atoms with Gasteiger partial charge in [0.05, 0.1) is 4.92 Å². The lowest BCUT2D eigenvalue weighted by Crippen LogP contribution is -1.87. The van der Waals surface area contributed by atoms with E-state index in [1.54, 1.807) is 0 Å². The molecule has 0 fully saturated rings. The van der Waals surface area contributed by atoms with Gasteiger partial charge in [-0.15, -0.1) is 0 Å². The number of halogens is 1. The van der Waals surface area contributed by atoms with Gasteiger partial charge in [-0.2, -0.15) is 4.99 Å². The molecule has 0 aliphatic heterocycles. The van der Waals surface area contributed by atoms with Crippen LogP contribution < -0.4 is 0 Å². The summed E-state index contributed by atoms with van der Waals surface area (Å²) >= 11 is 0. The molecular formula is C7H3FN2O3. The van der Waals surface area contributed by atoms with Crippen LogP contribution in [0.5, 0.6) is 0 Å². The van der Waals surface area contributed by atoms with Gasteiger partial charge < -0.3 is 0 Å². The van der Waals surface area contributed by atoms with Gasteiger partial charge in [0.15, 0.2) is 0 Å². The molecule has 0 saturated carbocycles. The summed E-state index contributed by atoms with van der Waals surface area (Å²) in [5.41, 5.74) is -0.709. The van der Waals surface area contributed by atoms with Crippen molar-refractivity contribution in [3.63, 3.8) is 0 Å². The smallest absolute Gasteiger partial charge is 0.258 e. The summed E-state index contributed by atoms with van der Waals surface area (Å²) in [5.74, 6) is -0.797. The van der Waals surface area contributed by atoms with E-state index < -0.39 is 10.7 Å². The van der Waals surface area contributed by atoms with Gasteiger partial charge >= 0.3 is 0 Å². The molecular weight excluding hydrogens is 179 g/mol. The molecule has 66 valence electrons. The van der Waals surface area contributed by atoms with E-state index in [-0.39, 0.29) is 11.4 Å². The Bertz CT molecular complexity index is 399. The van der Waals surface area contributed by atoms with Gasteiger partial charge in [-0.3, -0.25) is 10.1 Å². The Kier molecular flexibility index (Phi) is 2.47. The zero-order valence-electron chi connectivity index (χ0n) is 6.23. The molecule has 1 aromatic carbocycles. The summed E-state index contributed by atoms with van der Waals surface area (Å²) in [6.45, 7) is 0. The molecule has 0 heterocycles. The van der Waals surface area contributed by atoms with Crippen LogP contribution in [0.2, 0.25) is 0 Å². The SMILES string of the molecule is O=C=Nc1cc([N+](=O)[O-])ccc1F. The summed E-state index contributed by atoms with van der Waals surface area (Å²) in [7, 11) is 0. The molecule has 5 nitrogen and oxygen atoms in total. The van der Waals surface area contributed by atoms with Crippen LogP contribution in [0.3, 0.4) is 0 Å².